The molecule has 0 aromatic rings. The fourth-order valence-electron chi connectivity index (χ4n) is 0. The van der Waals surface area contributed by atoms with Crippen LogP contribution in [0.15, 0.2) is 12.7 Å². The summed E-state index contributed by atoms with van der Waals surface area (Å²) in [5, 5.41) is -0.361. The Labute approximate surface area is 49.0 Å². The van der Waals surface area contributed by atoms with Gasteiger partial charge in [0.15, 0.2) is 0 Å². The van der Waals surface area contributed by atoms with Crippen LogP contribution in [0.3, 0.4) is 0 Å². The molecule has 0 aliphatic heterocycles. The van der Waals surface area contributed by atoms with E-state index in [0.717, 1.165) is 0 Å². The molecule has 0 saturated heterocycles. The minimum absolute atomic E-state index is 0.361. The predicted octanol–water partition coefficient (Wildman–Crippen LogP) is 1.96. The summed E-state index contributed by atoms with van der Waals surface area (Å²) in [7, 11) is 0. The van der Waals surface area contributed by atoms with Crippen molar-refractivity contribution in [1.29, 1.82) is 0 Å². The zero-order valence-corrected chi connectivity index (χ0v) is 5.33. The van der Waals surface area contributed by atoms with E-state index < -0.39 is 0 Å². The number of carbonyl (C=O) groups is 1. The number of halogens is 1. The van der Waals surface area contributed by atoms with Crippen molar-refractivity contribution in [3.8, 4) is 0 Å². The highest BCUT2D eigenvalue weighted by Crippen LogP contribution is 1.67. The lowest BCUT2D eigenvalue weighted by atomic mass is 10.8. The first-order valence-electron chi connectivity index (χ1n) is 1.88. The highest BCUT2D eigenvalue weighted by atomic mass is 35.5. The van der Waals surface area contributed by atoms with Crippen LogP contribution in [0, 0.1) is 0 Å². The third kappa shape index (κ3) is 867. The Morgan fingerprint density at radius 1 is 1.86 bits per heavy atom. The molecule has 0 spiro atoms. The summed E-state index contributed by atoms with van der Waals surface area (Å²) < 4.78 is 0. The van der Waals surface area contributed by atoms with Gasteiger partial charge < -0.3 is 0 Å². The van der Waals surface area contributed by atoms with Crippen LogP contribution in [0.2, 0.25) is 0 Å². The maximum atomic E-state index is 9.21. The minimum atomic E-state index is -0.361. The molecule has 0 heterocycles. The van der Waals surface area contributed by atoms with Crippen LogP contribution in [0.1, 0.15) is 13.8 Å². The first-order chi connectivity index (χ1) is 3.15. The van der Waals surface area contributed by atoms with E-state index in [1.807, 2.05) is 6.92 Å². The van der Waals surface area contributed by atoms with E-state index >= 15 is 0 Å². The summed E-state index contributed by atoms with van der Waals surface area (Å²) in [5.74, 6) is 0. The van der Waals surface area contributed by atoms with Crippen molar-refractivity contribution in [2.45, 2.75) is 13.8 Å². The molecule has 0 aromatic carbocycles. The molecule has 0 fully saturated rings. The van der Waals surface area contributed by atoms with Gasteiger partial charge in [0, 0.05) is 6.92 Å². The summed E-state index contributed by atoms with van der Waals surface area (Å²) in [5.41, 5.74) is 0. The molecule has 7 heavy (non-hydrogen) atoms. The number of allylic oxidation sites excluding steroid dienone is 1. The van der Waals surface area contributed by atoms with Crippen molar-refractivity contribution in [2.24, 2.45) is 0 Å². The smallest absolute Gasteiger partial charge is 0.218 e. The van der Waals surface area contributed by atoms with Crippen molar-refractivity contribution in [3.05, 3.63) is 12.7 Å². The van der Waals surface area contributed by atoms with Gasteiger partial charge in [0.2, 0.25) is 5.24 Å². The SMILES string of the molecule is C=CC.CC(=O)Cl. The van der Waals surface area contributed by atoms with Gasteiger partial charge in [-0.05, 0) is 18.5 Å². The molecule has 0 aliphatic rings. The van der Waals surface area contributed by atoms with Crippen LogP contribution in [0.5, 0.6) is 0 Å². The average molecular weight is 121 g/mol. The molecule has 42 valence electrons. The minimum Gasteiger partial charge on any atom is -0.282 e. The Morgan fingerprint density at radius 3 is 1.86 bits per heavy atom. The van der Waals surface area contributed by atoms with Gasteiger partial charge in [-0.3, -0.25) is 4.79 Å². The number of hydrogen-bond acceptors (Lipinski definition) is 1. The molecule has 0 aromatic heterocycles. The van der Waals surface area contributed by atoms with E-state index in [2.05, 4.69) is 18.2 Å². The molecular weight excluding hydrogens is 112 g/mol. The number of rotatable bonds is 0. The Hall–Kier alpha value is -0.300. The van der Waals surface area contributed by atoms with Crippen molar-refractivity contribution in [3.63, 3.8) is 0 Å². The maximum Gasteiger partial charge on any atom is 0.218 e. The van der Waals surface area contributed by atoms with Gasteiger partial charge in [0.25, 0.3) is 0 Å². The van der Waals surface area contributed by atoms with E-state index in [9.17, 15) is 4.79 Å². The molecule has 2 heteroatoms. The van der Waals surface area contributed by atoms with Gasteiger partial charge in [0.05, 0.1) is 0 Å². The van der Waals surface area contributed by atoms with E-state index in [0.29, 0.717) is 0 Å². The van der Waals surface area contributed by atoms with E-state index in [4.69, 9.17) is 0 Å². The Balaban J connectivity index is 0. The predicted molar refractivity (Wildman–Crippen MR) is 32.4 cm³/mol. The molecule has 1 nitrogen and oxygen atoms in total. The molecule has 0 atom stereocenters. The van der Waals surface area contributed by atoms with E-state index in [1.165, 1.54) is 6.92 Å². The second kappa shape index (κ2) is 9.20. The van der Waals surface area contributed by atoms with Crippen LogP contribution in [-0.4, -0.2) is 5.24 Å². The first-order valence-corrected chi connectivity index (χ1v) is 2.26. The maximum absolute atomic E-state index is 9.21. The lowest BCUT2D eigenvalue weighted by molar-refractivity contribution is -0.109. The second-order valence-electron chi connectivity index (χ2n) is 0.879. The summed E-state index contributed by atoms with van der Waals surface area (Å²) in [6.45, 7) is 6.54. The van der Waals surface area contributed by atoms with Gasteiger partial charge in [-0.15, -0.1) is 6.58 Å². The second-order valence-corrected chi connectivity index (χ2v) is 1.41. The van der Waals surface area contributed by atoms with Crippen LogP contribution in [0.4, 0.5) is 0 Å². The van der Waals surface area contributed by atoms with Gasteiger partial charge >= 0.3 is 0 Å². The molecule has 0 saturated carbocycles. The summed E-state index contributed by atoms with van der Waals surface area (Å²) in [4.78, 5) is 9.21. The molecule has 0 rings (SSSR count). The monoisotopic (exact) mass is 120 g/mol. The average Bonchev–Trinajstić information content (AvgIpc) is 1.33. The van der Waals surface area contributed by atoms with Crippen molar-refractivity contribution in [2.75, 3.05) is 0 Å². The van der Waals surface area contributed by atoms with Crippen LogP contribution >= 0.6 is 11.6 Å². The molecule has 0 radical (unpaired) electrons. The van der Waals surface area contributed by atoms with Crippen molar-refractivity contribution in [1.82, 2.24) is 0 Å². The lowest BCUT2D eigenvalue weighted by Crippen LogP contribution is -1.62. The van der Waals surface area contributed by atoms with Gasteiger partial charge in [-0.25, -0.2) is 0 Å². The number of carbonyl (C=O) groups excluding carboxylic acids is 1. The first kappa shape index (κ1) is 9.85. The Bertz CT molecular complexity index is 55.1. The molecule has 0 amide bonds. The Kier molecular flexibility index (Phi) is 12.9. The third-order valence-electron chi connectivity index (χ3n) is 0. The Morgan fingerprint density at radius 2 is 1.86 bits per heavy atom. The van der Waals surface area contributed by atoms with Gasteiger partial charge in [-0.2, -0.15) is 0 Å². The molecule has 0 unspecified atom stereocenters. The fraction of sp³-hybridized carbons (Fsp3) is 0.400. The van der Waals surface area contributed by atoms with Crippen LogP contribution < -0.4 is 0 Å². The standard InChI is InChI=1S/C3H6.C2H3ClO/c1-3-2;1-2(3)4/h3H,1H2,2H3;1H3. The zero-order chi connectivity index (χ0) is 6.28. The van der Waals surface area contributed by atoms with Crippen LogP contribution in [-0.2, 0) is 4.79 Å². The third-order valence-corrected chi connectivity index (χ3v) is 0. The van der Waals surface area contributed by atoms with Gasteiger partial charge in [0.1, 0.15) is 0 Å². The molecule has 0 bridgehead atoms. The van der Waals surface area contributed by atoms with Crippen molar-refractivity contribution < 1.29 is 4.79 Å². The van der Waals surface area contributed by atoms with Gasteiger partial charge in [-0.1, -0.05) is 6.08 Å². The highest BCUT2D eigenvalue weighted by Gasteiger charge is 1.67. The van der Waals surface area contributed by atoms with E-state index in [-0.39, 0.29) is 5.24 Å². The van der Waals surface area contributed by atoms with Crippen molar-refractivity contribution >= 4 is 16.8 Å². The molecular formula is C5H9ClO. The van der Waals surface area contributed by atoms with E-state index in [1.54, 1.807) is 6.08 Å². The van der Waals surface area contributed by atoms with Crippen LogP contribution in [0.25, 0.3) is 0 Å². The summed E-state index contributed by atoms with van der Waals surface area (Å²) in [6.07, 6.45) is 1.75. The quantitative estimate of drug-likeness (QED) is 0.353. The highest BCUT2D eigenvalue weighted by molar-refractivity contribution is 6.62. The largest absolute Gasteiger partial charge is 0.282 e. The lowest BCUT2D eigenvalue weighted by Gasteiger charge is -1.52. The molecule has 0 N–H and O–H groups in total. The molecule has 0 aliphatic carbocycles. The summed E-state index contributed by atoms with van der Waals surface area (Å²) >= 11 is 4.64. The topological polar surface area (TPSA) is 17.1 Å². The fourth-order valence-corrected chi connectivity index (χ4v) is 0. The summed E-state index contributed by atoms with van der Waals surface area (Å²) in [6, 6.07) is 0. The normalized spacial score (nSPS) is 5.57. The number of hydrogen-bond donors (Lipinski definition) is 0. The zero-order valence-electron chi connectivity index (χ0n) is 4.57.